The molecule has 1 N–H and O–H groups in total. The lowest BCUT2D eigenvalue weighted by Crippen LogP contribution is -2.27. The van der Waals surface area contributed by atoms with Crippen LogP contribution in [0.25, 0.3) is 0 Å². The van der Waals surface area contributed by atoms with Crippen LogP contribution in [-0.2, 0) is 17.8 Å². The van der Waals surface area contributed by atoms with E-state index in [4.69, 9.17) is 4.74 Å². The molecule has 0 atom stereocenters. The molecule has 104 valence electrons. The first-order chi connectivity index (χ1) is 8.80. The Bertz CT molecular complexity index is 311. The Morgan fingerprint density at radius 1 is 1.39 bits per heavy atom. The molecular formula is C12H25N5O. The molecule has 0 saturated carbocycles. The van der Waals surface area contributed by atoms with Gasteiger partial charge in [0.05, 0.1) is 18.8 Å². The van der Waals surface area contributed by atoms with Crippen LogP contribution in [0.5, 0.6) is 0 Å². The number of nitrogens with one attached hydrogen (secondary N) is 1. The lowest BCUT2D eigenvalue weighted by atomic mass is 10.4. The monoisotopic (exact) mass is 255 g/mol. The first-order valence-electron chi connectivity index (χ1n) is 6.61. The fourth-order valence-corrected chi connectivity index (χ4v) is 1.70. The van der Waals surface area contributed by atoms with E-state index < -0.39 is 0 Å². The number of aromatic nitrogens is 3. The van der Waals surface area contributed by atoms with Crippen LogP contribution in [0.15, 0.2) is 6.20 Å². The molecule has 18 heavy (non-hydrogen) atoms. The van der Waals surface area contributed by atoms with Crippen molar-refractivity contribution in [1.82, 2.24) is 25.2 Å². The van der Waals surface area contributed by atoms with Gasteiger partial charge in [-0.05, 0) is 13.1 Å². The molecule has 1 aromatic heterocycles. The second-order valence-electron chi connectivity index (χ2n) is 4.17. The quantitative estimate of drug-likeness (QED) is 0.612. The van der Waals surface area contributed by atoms with Crippen LogP contribution in [0.4, 0.5) is 0 Å². The molecule has 0 radical (unpaired) electrons. The summed E-state index contributed by atoms with van der Waals surface area (Å²) in [5.74, 6) is 0. The van der Waals surface area contributed by atoms with Crippen LogP contribution < -0.4 is 5.32 Å². The molecule has 0 bridgehead atoms. The first-order valence-corrected chi connectivity index (χ1v) is 6.61. The van der Waals surface area contributed by atoms with Gasteiger partial charge >= 0.3 is 0 Å². The molecule has 0 amide bonds. The maximum atomic E-state index is 4.97. The summed E-state index contributed by atoms with van der Waals surface area (Å²) in [7, 11) is 1.70. The minimum absolute atomic E-state index is 0.718. The number of methoxy groups -OCH3 is 1. The predicted octanol–water partition coefficient (Wildman–Crippen LogP) is 0.356. The van der Waals surface area contributed by atoms with E-state index in [0.717, 1.165) is 51.6 Å². The maximum absolute atomic E-state index is 4.97. The molecule has 6 heteroatoms. The van der Waals surface area contributed by atoms with E-state index in [-0.39, 0.29) is 0 Å². The van der Waals surface area contributed by atoms with Gasteiger partial charge in [-0.15, -0.1) is 5.10 Å². The molecule has 6 nitrogen and oxygen atoms in total. The van der Waals surface area contributed by atoms with Gasteiger partial charge in [0, 0.05) is 32.9 Å². The van der Waals surface area contributed by atoms with Gasteiger partial charge in [-0.2, -0.15) is 0 Å². The van der Waals surface area contributed by atoms with Gasteiger partial charge in [0.15, 0.2) is 0 Å². The Kier molecular flexibility index (Phi) is 7.55. The van der Waals surface area contributed by atoms with E-state index in [9.17, 15) is 0 Å². The predicted molar refractivity (Wildman–Crippen MR) is 71.4 cm³/mol. The Morgan fingerprint density at radius 3 is 2.83 bits per heavy atom. The minimum atomic E-state index is 0.718. The van der Waals surface area contributed by atoms with Crippen LogP contribution in [0.3, 0.4) is 0 Å². The molecule has 0 aliphatic carbocycles. The molecule has 1 heterocycles. The summed E-state index contributed by atoms with van der Waals surface area (Å²) in [6, 6.07) is 0. The van der Waals surface area contributed by atoms with Crippen molar-refractivity contribution in [2.75, 3.05) is 39.9 Å². The Labute approximate surface area is 109 Å². The number of hydrogen-bond donors (Lipinski definition) is 1. The molecule has 0 aliphatic rings. The fraction of sp³-hybridized carbons (Fsp3) is 0.833. The largest absolute Gasteiger partial charge is 0.383 e. The van der Waals surface area contributed by atoms with E-state index >= 15 is 0 Å². The lowest BCUT2D eigenvalue weighted by Gasteiger charge is -2.17. The minimum Gasteiger partial charge on any atom is -0.383 e. The van der Waals surface area contributed by atoms with Crippen LogP contribution in [0, 0.1) is 0 Å². The molecule has 0 fully saturated rings. The zero-order valence-electron chi connectivity index (χ0n) is 11.7. The average Bonchev–Trinajstić information content (AvgIpc) is 2.84. The number of nitrogens with zero attached hydrogens (tertiary/aromatic N) is 4. The maximum Gasteiger partial charge on any atom is 0.0964 e. The van der Waals surface area contributed by atoms with Crippen LogP contribution >= 0.6 is 0 Å². The van der Waals surface area contributed by atoms with E-state index in [1.807, 2.05) is 10.9 Å². The summed E-state index contributed by atoms with van der Waals surface area (Å²) in [6.45, 7) is 10.7. The summed E-state index contributed by atoms with van der Waals surface area (Å²) in [5.41, 5.74) is 0.977. The third-order valence-corrected chi connectivity index (χ3v) is 2.91. The lowest BCUT2D eigenvalue weighted by molar-refractivity contribution is 0.199. The normalized spacial score (nSPS) is 11.3. The van der Waals surface area contributed by atoms with Gasteiger partial charge in [-0.25, -0.2) is 0 Å². The molecule has 0 saturated heterocycles. The molecule has 0 aliphatic heterocycles. The zero-order chi connectivity index (χ0) is 13.2. The van der Waals surface area contributed by atoms with Gasteiger partial charge in [-0.3, -0.25) is 4.68 Å². The summed E-state index contributed by atoms with van der Waals surface area (Å²) in [5, 5.41) is 11.5. The fourth-order valence-electron chi connectivity index (χ4n) is 1.70. The van der Waals surface area contributed by atoms with Crippen molar-refractivity contribution < 1.29 is 4.74 Å². The Balaban J connectivity index is 2.25. The number of ether oxygens (including phenoxy) is 1. The van der Waals surface area contributed by atoms with E-state index in [1.54, 1.807) is 7.11 Å². The van der Waals surface area contributed by atoms with Gasteiger partial charge in [-0.1, -0.05) is 19.1 Å². The highest BCUT2D eigenvalue weighted by atomic mass is 16.5. The third kappa shape index (κ3) is 5.57. The van der Waals surface area contributed by atoms with Gasteiger partial charge in [0.2, 0.25) is 0 Å². The second-order valence-corrected chi connectivity index (χ2v) is 4.17. The molecule has 1 aromatic rings. The van der Waals surface area contributed by atoms with Crippen molar-refractivity contribution in [3.05, 3.63) is 11.9 Å². The molecule has 0 aromatic carbocycles. The van der Waals surface area contributed by atoms with Crippen molar-refractivity contribution >= 4 is 0 Å². The zero-order valence-corrected chi connectivity index (χ0v) is 11.7. The van der Waals surface area contributed by atoms with E-state index in [2.05, 4.69) is 34.4 Å². The van der Waals surface area contributed by atoms with Gasteiger partial charge in [0.1, 0.15) is 0 Å². The highest BCUT2D eigenvalue weighted by Crippen LogP contribution is 1.94. The smallest absolute Gasteiger partial charge is 0.0964 e. The van der Waals surface area contributed by atoms with Gasteiger partial charge < -0.3 is 15.0 Å². The molecule has 0 spiro atoms. The van der Waals surface area contributed by atoms with Crippen molar-refractivity contribution in [2.24, 2.45) is 0 Å². The standard InChI is InChI=1S/C12H25N5O/c1-4-16(5-2)7-8-17-11-12(14-15-17)10-13-6-9-18-3/h11,13H,4-10H2,1-3H3. The number of likely N-dealkylation sites (N-methyl/N-ethyl adjacent to an activating group) is 1. The molecular weight excluding hydrogens is 230 g/mol. The summed E-state index contributed by atoms with van der Waals surface area (Å²) < 4.78 is 6.87. The summed E-state index contributed by atoms with van der Waals surface area (Å²) in [4.78, 5) is 2.37. The number of hydrogen-bond acceptors (Lipinski definition) is 5. The Morgan fingerprint density at radius 2 is 2.17 bits per heavy atom. The highest BCUT2D eigenvalue weighted by molar-refractivity contribution is 4.91. The van der Waals surface area contributed by atoms with Crippen LogP contribution in [0.1, 0.15) is 19.5 Å². The molecule has 1 rings (SSSR count). The SMILES string of the molecule is CCN(CC)CCn1cc(CNCCOC)nn1. The van der Waals surface area contributed by atoms with Crippen molar-refractivity contribution in [3.8, 4) is 0 Å². The van der Waals surface area contributed by atoms with Crippen molar-refractivity contribution in [3.63, 3.8) is 0 Å². The van der Waals surface area contributed by atoms with Crippen LogP contribution in [0.2, 0.25) is 0 Å². The van der Waals surface area contributed by atoms with E-state index in [0.29, 0.717) is 0 Å². The second kappa shape index (κ2) is 9.02. The topological polar surface area (TPSA) is 55.2 Å². The van der Waals surface area contributed by atoms with E-state index in [1.165, 1.54) is 0 Å². The average molecular weight is 255 g/mol. The molecule has 0 unspecified atom stereocenters. The van der Waals surface area contributed by atoms with Crippen molar-refractivity contribution in [1.29, 1.82) is 0 Å². The summed E-state index contributed by atoms with van der Waals surface area (Å²) in [6.07, 6.45) is 2.00. The highest BCUT2D eigenvalue weighted by Gasteiger charge is 2.02. The van der Waals surface area contributed by atoms with Gasteiger partial charge in [0.25, 0.3) is 0 Å². The van der Waals surface area contributed by atoms with Crippen molar-refractivity contribution in [2.45, 2.75) is 26.9 Å². The Hall–Kier alpha value is -0.980. The van der Waals surface area contributed by atoms with Crippen LogP contribution in [-0.4, -0.2) is 59.8 Å². The number of rotatable bonds is 10. The third-order valence-electron chi connectivity index (χ3n) is 2.91. The summed E-state index contributed by atoms with van der Waals surface area (Å²) >= 11 is 0. The first kappa shape index (κ1) is 15.1.